The molecule has 4 atom stereocenters. The van der Waals surface area contributed by atoms with Crippen LogP contribution in [-0.2, 0) is 30.4 Å². The van der Waals surface area contributed by atoms with Gasteiger partial charge in [-0.05, 0) is 56.2 Å². The van der Waals surface area contributed by atoms with E-state index in [-0.39, 0.29) is 36.4 Å². The van der Waals surface area contributed by atoms with Gasteiger partial charge in [-0.1, -0.05) is 12.1 Å². The van der Waals surface area contributed by atoms with E-state index in [0.29, 0.717) is 63.7 Å². The highest BCUT2D eigenvalue weighted by molar-refractivity contribution is 5.96. The highest BCUT2D eigenvalue weighted by Gasteiger charge is 2.45. The van der Waals surface area contributed by atoms with Crippen LogP contribution >= 0.6 is 0 Å². The molecule has 1 aromatic carbocycles. The zero-order valence-electron chi connectivity index (χ0n) is 21.4. The Labute approximate surface area is 221 Å². The topological polar surface area (TPSA) is 179 Å². The predicted octanol–water partition coefficient (Wildman–Crippen LogP) is -1.16. The van der Waals surface area contributed by atoms with Crippen LogP contribution in [0.3, 0.4) is 0 Å². The van der Waals surface area contributed by atoms with Crippen LogP contribution in [0.1, 0.15) is 44.1 Å². The van der Waals surface area contributed by atoms with E-state index in [9.17, 15) is 29.1 Å². The van der Waals surface area contributed by atoms with E-state index in [4.69, 9.17) is 11.5 Å². The van der Waals surface area contributed by atoms with Crippen LogP contribution in [0.4, 0.5) is 0 Å². The second-order valence-corrected chi connectivity index (χ2v) is 10.2. The number of phenols is 1. The number of hydrogen-bond acceptors (Lipinski definition) is 7. The average molecular weight is 529 g/mol. The highest BCUT2D eigenvalue weighted by Crippen LogP contribution is 2.28. The van der Waals surface area contributed by atoms with E-state index < -0.39 is 36.0 Å². The van der Waals surface area contributed by atoms with Gasteiger partial charge in [-0.3, -0.25) is 24.0 Å². The molecule has 3 saturated heterocycles. The maximum atomic E-state index is 13.6. The van der Waals surface area contributed by atoms with Crippen LogP contribution in [0.5, 0.6) is 5.75 Å². The van der Waals surface area contributed by atoms with Gasteiger partial charge in [0.05, 0.1) is 6.54 Å². The summed E-state index contributed by atoms with van der Waals surface area (Å²) in [6, 6.07) is 3.17. The molecule has 3 aliphatic rings. The maximum absolute atomic E-state index is 13.6. The lowest BCUT2D eigenvalue weighted by Gasteiger charge is -2.34. The maximum Gasteiger partial charge on any atom is 0.246 e. The number of likely N-dealkylation sites (tertiary alicyclic amines) is 3. The number of carbonyl (C=O) groups is 5. The summed E-state index contributed by atoms with van der Waals surface area (Å²) in [5, 5.41) is 12.2. The molecule has 5 amide bonds. The number of nitrogens with two attached hydrogens (primary N) is 2. The second kappa shape index (κ2) is 11.8. The fourth-order valence-corrected chi connectivity index (χ4v) is 5.77. The summed E-state index contributed by atoms with van der Waals surface area (Å²) in [7, 11) is 0. The molecule has 6 N–H and O–H groups in total. The molecular weight excluding hydrogens is 492 g/mol. The molecular formula is C26H36N6O6. The smallest absolute Gasteiger partial charge is 0.246 e. The number of aromatic hydroxyl groups is 1. The van der Waals surface area contributed by atoms with Crippen molar-refractivity contribution in [3.8, 4) is 5.75 Å². The van der Waals surface area contributed by atoms with Crippen LogP contribution in [0, 0.1) is 0 Å². The lowest BCUT2D eigenvalue weighted by Crippen LogP contribution is -2.57. The minimum absolute atomic E-state index is 0.0829. The van der Waals surface area contributed by atoms with Crippen LogP contribution in [-0.4, -0.2) is 99.7 Å². The zero-order chi connectivity index (χ0) is 27.4. The van der Waals surface area contributed by atoms with E-state index in [1.807, 2.05) is 0 Å². The van der Waals surface area contributed by atoms with Gasteiger partial charge in [-0.2, -0.15) is 0 Å². The average Bonchev–Trinajstić information content (AvgIpc) is 3.68. The van der Waals surface area contributed by atoms with Crippen molar-refractivity contribution < 1.29 is 29.1 Å². The number of amides is 5. The first-order valence-corrected chi connectivity index (χ1v) is 13.2. The van der Waals surface area contributed by atoms with Gasteiger partial charge in [0.2, 0.25) is 29.5 Å². The SMILES string of the molecule is NCC(=O)N1CCC[C@H]1C(=O)N1CCC[C@H]1C(=O)N1CCC[C@H]1C(=O)N[C@@H](Cc1ccc(O)cc1)C(N)=O. The molecule has 38 heavy (non-hydrogen) atoms. The van der Waals surface area contributed by atoms with Crippen molar-refractivity contribution in [3.63, 3.8) is 0 Å². The highest BCUT2D eigenvalue weighted by atomic mass is 16.3. The number of phenolic OH excluding ortho intramolecular Hbond substituents is 1. The molecule has 4 rings (SSSR count). The molecule has 3 heterocycles. The van der Waals surface area contributed by atoms with Gasteiger partial charge < -0.3 is 36.6 Å². The van der Waals surface area contributed by atoms with Crippen molar-refractivity contribution in [2.75, 3.05) is 26.2 Å². The van der Waals surface area contributed by atoms with E-state index in [0.717, 1.165) is 0 Å². The van der Waals surface area contributed by atoms with Crippen molar-refractivity contribution in [2.24, 2.45) is 11.5 Å². The first-order valence-electron chi connectivity index (χ1n) is 13.2. The van der Waals surface area contributed by atoms with Gasteiger partial charge in [-0.25, -0.2) is 0 Å². The van der Waals surface area contributed by atoms with Gasteiger partial charge in [0.25, 0.3) is 0 Å². The number of carbonyl (C=O) groups excluding carboxylic acids is 5. The van der Waals surface area contributed by atoms with Gasteiger partial charge in [0.15, 0.2) is 0 Å². The summed E-state index contributed by atoms with van der Waals surface area (Å²) < 4.78 is 0. The van der Waals surface area contributed by atoms with Crippen molar-refractivity contribution >= 4 is 29.5 Å². The summed E-state index contributed by atoms with van der Waals surface area (Å²) in [5.74, 6) is -1.91. The number of benzene rings is 1. The number of nitrogens with zero attached hydrogens (tertiary/aromatic N) is 3. The third-order valence-electron chi connectivity index (χ3n) is 7.73. The molecule has 1 aromatic rings. The third kappa shape index (κ3) is 5.74. The fraction of sp³-hybridized carbons (Fsp3) is 0.577. The van der Waals surface area contributed by atoms with Gasteiger partial charge in [-0.15, -0.1) is 0 Å². The van der Waals surface area contributed by atoms with Crippen molar-refractivity contribution in [2.45, 2.75) is 69.1 Å². The second-order valence-electron chi connectivity index (χ2n) is 10.2. The van der Waals surface area contributed by atoms with Crippen LogP contribution in [0.2, 0.25) is 0 Å². The Hall–Kier alpha value is -3.67. The number of nitrogens with one attached hydrogen (secondary N) is 1. The van der Waals surface area contributed by atoms with E-state index in [1.165, 1.54) is 21.9 Å². The Balaban J connectivity index is 1.43. The summed E-state index contributed by atoms with van der Waals surface area (Å²) in [6.45, 7) is 1.08. The van der Waals surface area contributed by atoms with Crippen LogP contribution in [0.15, 0.2) is 24.3 Å². The molecule has 0 radical (unpaired) electrons. The van der Waals surface area contributed by atoms with Gasteiger partial charge in [0, 0.05) is 26.1 Å². The van der Waals surface area contributed by atoms with Crippen LogP contribution < -0.4 is 16.8 Å². The Morgan fingerprint density at radius 3 is 1.89 bits per heavy atom. The normalized spacial score (nSPS) is 23.9. The fourth-order valence-electron chi connectivity index (χ4n) is 5.77. The molecule has 0 aliphatic carbocycles. The Bertz CT molecular complexity index is 1080. The standard InChI is InChI=1S/C26H36N6O6/c27-15-22(34)30-11-2-5-20(30)25(37)32-13-3-6-21(32)26(38)31-12-1-4-19(31)24(36)29-18(23(28)35)14-16-7-9-17(33)10-8-16/h7-10,18-21,33H,1-6,11-15,27H2,(H2,28,35)(H,29,36)/t18-,19-,20-,21-/m0/s1. The van der Waals surface area contributed by atoms with E-state index >= 15 is 0 Å². The summed E-state index contributed by atoms with van der Waals surface area (Å²) >= 11 is 0. The van der Waals surface area contributed by atoms with Crippen molar-refractivity contribution in [1.29, 1.82) is 0 Å². The first-order chi connectivity index (χ1) is 18.2. The quantitative estimate of drug-likeness (QED) is 0.328. The van der Waals surface area contributed by atoms with Crippen molar-refractivity contribution in [1.82, 2.24) is 20.0 Å². The van der Waals surface area contributed by atoms with Gasteiger partial charge in [0.1, 0.15) is 29.9 Å². The monoisotopic (exact) mass is 528 g/mol. The molecule has 12 heteroatoms. The molecule has 0 aromatic heterocycles. The third-order valence-corrected chi connectivity index (χ3v) is 7.73. The number of primary amides is 1. The van der Waals surface area contributed by atoms with E-state index in [1.54, 1.807) is 17.0 Å². The Kier molecular flexibility index (Phi) is 8.50. The molecule has 3 aliphatic heterocycles. The first kappa shape index (κ1) is 27.4. The minimum Gasteiger partial charge on any atom is -0.508 e. The molecule has 12 nitrogen and oxygen atoms in total. The molecule has 206 valence electrons. The minimum atomic E-state index is -0.984. The summed E-state index contributed by atoms with van der Waals surface area (Å²) in [6.07, 6.45) is 3.57. The zero-order valence-corrected chi connectivity index (χ0v) is 21.4. The lowest BCUT2D eigenvalue weighted by molar-refractivity contribution is -0.150. The Morgan fingerprint density at radius 1 is 0.842 bits per heavy atom. The summed E-state index contributed by atoms with van der Waals surface area (Å²) in [4.78, 5) is 69.1. The van der Waals surface area contributed by atoms with Crippen molar-refractivity contribution in [3.05, 3.63) is 29.8 Å². The number of rotatable bonds is 8. The molecule has 0 saturated carbocycles. The molecule has 0 spiro atoms. The largest absolute Gasteiger partial charge is 0.508 e. The van der Waals surface area contributed by atoms with E-state index in [2.05, 4.69) is 5.32 Å². The Morgan fingerprint density at radius 2 is 1.34 bits per heavy atom. The van der Waals surface area contributed by atoms with Crippen LogP contribution in [0.25, 0.3) is 0 Å². The predicted molar refractivity (Wildman–Crippen MR) is 136 cm³/mol. The van der Waals surface area contributed by atoms with Gasteiger partial charge >= 0.3 is 0 Å². The molecule has 3 fully saturated rings. The number of hydrogen-bond donors (Lipinski definition) is 4. The lowest BCUT2D eigenvalue weighted by atomic mass is 10.0. The summed E-state index contributed by atoms with van der Waals surface area (Å²) in [5.41, 5.74) is 11.8. The molecule has 0 bridgehead atoms. The molecule has 0 unspecified atom stereocenters.